The summed E-state index contributed by atoms with van der Waals surface area (Å²) >= 11 is 0. The summed E-state index contributed by atoms with van der Waals surface area (Å²) in [5.74, 6) is 0.635. The summed E-state index contributed by atoms with van der Waals surface area (Å²) in [7, 11) is 2.89. The predicted molar refractivity (Wildman–Crippen MR) is 102 cm³/mol. The molecule has 1 heterocycles. The van der Waals surface area contributed by atoms with Gasteiger partial charge in [-0.15, -0.1) is 0 Å². The van der Waals surface area contributed by atoms with Crippen LogP contribution in [0.2, 0.25) is 0 Å². The molecule has 4 rings (SSSR count). The van der Waals surface area contributed by atoms with Crippen LogP contribution in [0.4, 0.5) is 10.5 Å². The minimum Gasteiger partial charge on any atom is -0.493 e. The monoisotopic (exact) mass is 381 g/mol. The molecule has 2 N–H and O–H groups in total. The maximum absolute atomic E-state index is 12.4. The number of amides is 2. The largest absolute Gasteiger partial charge is 0.493 e. The Balaban J connectivity index is 1.92. The van der Waals surface area contributed by atoms with E-state index >= 15 is 0 Å². The van der Waals surface area contributed by atoms with E-state index < -0.39 is 17.0 Å². The van der Waals surface area contributed by atoms with E-state index in [1.807, 2.05) is 24.3 Å². The molecule has 8 nitrogen and oxygen atoms in total. The molecule has 2 aromatic carbocycles. The number of aryl methyl sites for hydroxylation is 1. The average Bonchev–Trinajstić information content (AvgIpc) is 2.71. The number of benzene rings is 2. The fraction of sp³-hybridized carbons (Fsp3) is 0.250. The van der Waals surface area contributed by atoms with Gasteiger partial charge in [0.05, 0.1) is 42.5 Å². The molecule has 28 heavy (non-hydrogen) atoms. The molecular weight excluding hydrogens is 362 g/mol. The number of hydrogen-bond acceptors (Lipinski definition) is 5. The average molecular weight is 381 g/mol. The molecule has 1 atom stereocenters. The van der Waals surface area contributed by atoms with Crippen molar-refractivity contribution in [2.45, 2.75) is 18.9 Å². The van der Waals surface area contributed by atoms with Gasteiger partial charge in [-0.2, -0.15) is 0 Å². The lowest BCUT2D eigenvalue weighted by atomic mass is 9.82. The van der Waals surface area contributed by atoms with Crippen molar-refractivity contribution >= 4 is 17.4 Å². The second-order valence-electron chi connectivity index (χ2n) is 6.61. The van der Waals surface area contributed by atoms with E-state index in [9.17, 15) is 14.9 Å². The van der Waals surface area contributed by atoms with Crippen molar-refractivity contribution in [3.8, 4) is 11.5 Å². The SMILES string of the molecule is COc1cc(C2NC(=O)NC3=C2CCc2ccccc23)c([N+](=O)[O-])cc1OC. The molecule has 1 aliphatic carbocycles. The van der Waals surface area contributed by atoms with Crippen LogP contribution in [0.5, 0.6) is 11.5 Å². The number of nitro benzene ring substituents is 1. The van der Waals surface area contributed by atoms with Gasteiger partial charge in [0.25, 0.3) is 5.69 Å². The van der Waals surface area contributed by atoms with Gasteiger partial charge in [-0.3, -0.25) is 10.1 Å². The summed E-state index contributed by atoms with van der Waals surface area (Å²) in [4.78, 5) is 23.7. The lowest BCUT2D eigenvalue weighted by molar-refractivity contribution is -0.385. The Morgan fingerprint density at radius 2 is 1.82 bits per heavy atom. The molecule has 1 unspecified atom stereocenters. The number of carbonyl (C=O) groups is 1. The fourth-order valence-corrected chi connectivity index (χ4v) is 3.89. The van der Waals surface area contributed by atoms with Crippen LogP contribution >= 0.6 is 0 Å². The molecule has 144 valence electrons. The van der Waals surface area contributed by atoms with Crippen LogP contribution in [-0.4, -0.2) is 25.2 Å². The summed E-state index contributed by atoms with van der Waals surface area (Å²) in [5, 5.41) is 17.5. The maximum Gasteiger partial charge on any atom is 0.320 e. The van der Waals surface area contributed by atoms with E-state index in [-0.39, 0.29) is 11.4 Å². The van der Waals surface area contributed by atoms with E-state index in [0.717, 1.165) is 28.8 Å². The Labute approximate surface area is 161 Å². The number of fused-ring (bicyclic) bond motifs is 2. The number of ether oxygens (including phenoxy) is 2. The molecule has 0 saturated carbocycles. The van der Waals surface area contributed by atoms with Gasteiger partial charge >= 0.3 is 6.03 Å². The number of urea groups is 1. The third kappa shape index (κ3) is 2.83. The fourth-order valence-electron chi connectivity index (χ4n) is 3.89. The van der Waals surface area contributed by atoms with Crippen LogP contribution < -0.4 is 20.1 Å². The molecule has 0 aromatic heterocycles. The van der Waals surface area contributed by atoms with Gasteiger partial charge in [0, 0.05) is 5.56 Å². The zero-order valence-electron chi connectivity index (χ0n) is 15.4. The minimum absolute atomic E-state index is 0.129. The zero-order valence-corrected chi connectivity index (χ0v) is 15.4. The first kappa shape index (κ1) is 17.8. The smallest absolute Gasteiger partial charge is 0.320 e. The lowest BCUT2D eigenvalue weighted by Gasteiger charge is -2.34. The predicted octanol–water partition coefficient (Wildman–Crippen LogP) is 3.32. The van der Waals surface area contributed by atoms with Crippen molar-refractivity contribution in [2.75, 3.05) is 14.2 Å². The van der Waals surface area contributed by atoms with Crippen LogP contribution in [-0.2, 0) is 6.42 Å². The van der Waals surface area contributed by atoms with Gasteiger partial charge in [-0.25, -0.2) is 4.79 Å². The first-order valence-corrected chi connectivity index (χ1v) is 8.82. The van der Waals surface area contributed by atoms with Crippen LogP contribution in [0, 0.1) is 10.1 Å². The van der Waals surface area contributed by atoms with Crippen LogP contribution in [0.15, 0.2) is 42.0 Å². The Morgan fingerprint density at radius 1 is 1.11 bits per heavy atom. The molecule has 0 saturated heterocycles. The summed E-state index contributed by atoms with van der Waals surface area (Å²) in [6.07, 6.45) is 1.47. The minimum atomic E-state index is -0.627. The molecule has 2 aliphatic rings. The maximum atomic E-state index is 12.4. The number of hydrogen-bond donors (Lipinski definition) is 2. The highest BCUT2D eigenvalue weighted by atomic mass is 16.6. The van der Waals surface area contributed by atoms with Gasteiger partial charge < -0.3 is 20.1 Å². The van der Waals surface area contributed by atoms with Crippen molar-refractivity contribution in [1.29, 1.82) is 0 Å². The topological polar surface area (TPSA) is 103 Å². The molecule has 2 amide bonds. The van der Waals surface area contributed by atoms with Gasteiger partial charge in [0.15, 0.2) is 11.5 Å². The summed E-state index contributed by atoms with van der Waals surface area (Å²) < 4.78 is 10.5. The van der Waals surface area contributed by atoms with E-state index in [1.54, 1.807) is 6.07 Å². The Morgan fingerprint density at radius 3 is 2.54 bits per heavy atom. The van der Waals surface area contributed by atoms with Crippen molar-refractivity contribution < 1.29 is 19.2 Å². The molecule has 2 aromatic rings. The molecule has 0 bridgehead atoms. The number of methoxy groups -OCH3 is 2. The van der Waals surface area contributed by atoms with Gasteiger partial charge in [-0.05, 0) is 30.0 Å². The number of nitrogens with one attached hydrogen (secondary N) is 2. The van der Waals surface area contributed by atoms with Crippen LogP contribution in [0.3, 0.4) is 0 Å². The summed E-state index contributed by atoms with van der Waals surface area (Å²) in [6.45, 7) is 0. The van der Waals surface area contributed by atoms with Crippen molar-refractivity contribution in [3.05, 3.63) is 68.8 Å². The number of rotatable bonds is 4. The second-order valence-corrected chi connectivity index (χ2v) is 6.61. The third-order valence-electron chi connectivity index (χ3n) is 5.17. The zero-order chi connectivity index (χ0) is 19.8. The second kappa shape index (κ2) is 6.88. The van der Waals surface area contributed by atoms with Crippen molar-refractivity contribution in [2.24, 2.45) is 0 Å². The Kier molecular flexibility index (Phi) is 4.38. The highest BCUT2D eigenvalue weighted by Gasteiger charge is 2.36. The molecule has 0 fully saturated rings. The standard InChI is InChI=1S/C20H19N3O5/c1-27-16-9-14(15(23(25)26)10-17(16)28-2)19-13-8-7-11-5-3-4-6-12(11)18(13)21-20(24)22-19/h3-6,9-10,19H,7-8H2,1-2H3,(H2,21,22,24). The summed E-state index contributed by atoms with van der Waals surface area (Å²) in [6, 6.07) is 9.73. The first-order valence-electron chi connectivity index (χ1n) is 8.82. The summed E-state index contributed by atoms with van der Waals surface area (Å²) in [5.41, 5.74) is 3.96. The number of nitrogens with zero attached hydrogens (tertiary/aromatic N) is 1. The molecule has 1 aliphatic heterocycles. The Hall–Kier alpha value is -3.55. The first-order chi connectivity index (χ1) is 13.5. The van der Waals surface area contributed by atoms with E-state index in [0.29, 0.717) is 17.7 Å². The van der Waals surface area contributed by atoms with E-state index in [1.165, 1.54) is 20.3 Å². The lowest BCUT2D eigenvalue weighted by Crippen LogP contribution is -2.44. The van der Waals surface area contributed by atoms with E-state index in [2.05, 4.69) is 10.6 Å². The third-order valence-corrected chi connectivity index (χ3v) is 5.17. The quantitative estimate of drug-likeness (QED) is 0.625. The van der Waals surface area contributed by atoms with Crippen molar-refractivity contribution in [1.82, 2.24) is 10.6 Å². The number of carbonyl (C=O) groups excluding carboxylic acids is 1. The molecular formula is C20H19N3O5. The Bertz CT molecular complexity index is 1010. The molecule has 0 spiro atoms. The normalized spacial score (nSPS) is 17.8. The van der Waals surface area contributed by atoms with Crippen LogP contribution in [0.1, 0.15) is 29.2 Å². The molecule has 8 heteroatoms. The van der Waals surface area contributed by atoms with Crippen molar-refractivity contribution in [3.63, 3.8) is 0 Å². The number of nitro groups is 1. The van der Waals surface area contributed by atoms with E-state index in [4.69, 9.17) is 9.47 Å². The highest BCUT2D eigenvalue weighted by Crippen LogP contribution is 2.44. The molecule has 0 radical (unpaired) electrons. The van der Waals surface area contributed by atoms with Crippen LogP contribution in [0.25, 0.3) is 5.70 Å². The highest BCUT2D eigenvalue weighted by molar-refractivity contribution is 5.91. The van der Waals surface area contributed by atoms with Gasteiger partial charge in [0.1, 0.15) is 0 Å². The van der Waals surface area contributed by atoms with Gasteiger partial charge in [-0.1, -0.05) is 24.3 Å². The van der Waals surface area contributed by atoms with Gasteiger partial charge in [0.2, 0.25) is 0 Å².